The van der Waals surface area contributed by atoms with Gasteiger partial charge >= 0.3 is 0 Å². The summed E-state index contributed by atoms with van der Waals surface area (Å²) in [5, 5.41) is 0. The highest BCUT2D eigenvalue weighted by Crippen LogP contribution is 2.16. The van der Waals surface area contributed by atoms with E-state index in [1.807, 2.05) is 0 Å². The van der Waals surface area contributed by atoms with E-state index in [0.717, 1.165) is 0 Å². The van der Waals surface area contributed by atoms with Crippen LogP contribution < -0.4 is 17.2 Å². The Morgan fingerprint density at radius 2 is 0.609 bits per heavy atom. The number of hydrogen-bond acceptors (Lipinski definition) is 3. The van der Waals surface area contributed by atoms with E-state index >= 15 is 0 Å². The molecule has 0 aromatic carbocycles. The molecule has 0 heterocycles. The molecule has 0 radical (unpaired) electrons. The van der Waals surface area contributed by atoms with E-state index in [0.29, 0.717) is 18.1 Å². The molecule has 0 spiro atoms. The van der Waals surface area contributed by atoms with E-state index in [-0.39, 0.29) is 0 Å². The van der Waals surface area contributed by atoms with Crippen LogP contribution >= 0.6 is 0 Å². The summed E-state index contributed by atoms with van der Waals surface area (Å²) < 4.78 is 0. The number of hydrogen-bond donors (Lipinski definition) is 3. The molecule has 0 unspecified atom stereocenters. The monoisotopic (exact) mass is 343 g/mol. The Hall–Kier alpha value is 0.0969. The average molecular weight is 344 g/mol. The van der Waals surface area contributed by atoms with Crippen molar-refractivity contribution in [2.24, 2.45) is 17.2 Å². The smallest absolute Gasteiger partial charge is 0.00388 e. The minimum Gasteiger partial charge on any atom is -0.328 e. The first-order valence-electron chi connectivity index (χ1n) is 10.4. The normalized spacial score (nSPS) is 23.5. The lowest BCUT2D eigenvalue weighted by atomic mass is 9.97. The van der Waals surface area contributed by atoms with Crippen LogP contribution in [0.1, 0.15) is 96.3 Å². The largest absolute Gasteiger partial charge is 0.328 e. The quantitative estimate of drug-likeness (QED) is 0.591. The lowest BCUT2D eigenvalue weighted by Crippen LogP contribution is -2.22. The van der Waals surface area contributed by atoms with Crippen molar-refractivity contribution in [1.29, 1.82) is 0 Å². The molecule has 3 aliphatic carbocycles. The molecule has 0 amide bonds. The van der Waals surface area contributed by atoms with Gasteiger partial charge in [-0.25, -0.2) is 0 Å². The van der Waals surface area contributed by atoms with Gasteiger partial charge in [-0.3, -0.25) is 0 Å². The van der Waals surface area contributed by atoms with Crippen molar-refractivity contribution in [3.63, 3.8) is 0 Å². The average Bonchev–Trinajstić information content (AvgIpc) is 2.60. The molecule has 4 heteroatoms. The molecule has 6 N–H and O–H groups in total. The van der Waals surface area contributed by atoms with Crippen molar-refractivity contribution in [1.82, 2.24) is 0 Å². The van der Waals surface area contributed by atoms with Gasteiger partial charge in [-0.2, -0.15) is 0 Å². The topological polar surface area (TPSA) is 78.1 Å². The Kier molecular flexibility index (Phi) is 17.0. The van der Waals surface area contributed by atoms with Crippen molar-refractivity contribution in [3.8, 4) is 0 Å². The molecule has 0 saturated heterocycles. The molecular weight excluding hydrogens is 298 g/mol. The summed E-state index contributed by atoms with van der Waals surface area (Å²) in [6.07, 6.45) is 20.0. The van der Waals surface area contributed by atoms with E-state index < -0.39 is 0 Å². The first-order chi connectivity index (χ1) is 11.2. The second-order valence-electron chi connectivity index (χ2n) is 7.19. The Morgan fingerprint density at radius 1 is 0.435 bits per heavy atom. The molecule has 3 nitrogen and oxygen atoms in total. The molecule has 3 rings (SSSR count). The van der Waals surface area contributed by atoms with E-state index in [9.17, 15) is 0 Å². The summed E-state index contributed by atoms with van der Waals surface area (Å²) in [7, 11) is 1.31. The maximum Gasteiger partial charge on any atom is 0.00388 e. The predicted octanol–water partition coefficient (Wildman–Crippen LogP) is 3.23. The van der Waals surface area contributed by atoms with Crippen LogP contribution in [-0.2, 0) is 0 Å². The summed E-state index contributed by atoms with van der Waals surface area (Å²) in [5.74, 6) is 0. The molecule has 3 saturated carbocycles. The van der Waals surface area contributed by atoms with Crippen LogP contribution in [0, 0.1) is 0 Å². The Balaban J connectivity index is 0.000000299. The molecule has 0 bridgehead atoms. The standard InChI is InChI=1S/3C6H13N.CH6Si/c3*7-6-4-2-1-3-5-6;1-2/h3*6H,1-5,7H2;1-2H3. The van der Waals surface area contributed by atoms with Gasteiger partial charge in [0.15, 0.2) is 0 Å². The Bertz CT molecular complexity index is 183. The lowest BCUT2D eigenvalue weighted by Gasteiger charge is -2.15. The SMILES string of the molecule is C[SiH3].NC1CCCCC1.NC1CCCCC1.NC1CCCCC1. The molecule has 0 aliphatic heterocycles. The summed E-state index contributed by atoms with van der Waals surface area (Å²) in [5.41, 5.74) is 16.9. The predicted molar refractivity (Wildman–Crippen MR) is 109 cm³/mol. The zero-order valence-electron chi connectivity index (χ0n) is 16.1. The maximum absolute atomic E-state index is 5.63. The van der Waals surface area contributed by atoms with Crippen LogP contribution in [0.2, 0.25) is 6.55 Å². The van der Waals surface area contributed by atoms with Gasteiger partial charge in [-0.05, 0) is 48.8 Å². The zero-order valence-corrected chi connectivity index (χ0v) is 18.1. The minimum atomic E-state index is 0.536. The van der Waals surface area contributed by atoms with Crippen LogP contribution in [0.15, 0.2) is 0 Å². The Labute approximate surface area is 148 Å². The van der Waals surface area contributed by atoms with Crippen molar-refractivity contribution in [2.75, 3.05) is 0 Å². The molecule has 140 valence electrons. The Morgan fingerprint density at radius 3 is 0.696 bits per heavy atom. The van der Waals surface area contributed by atoms with Gasteiger partial charge in [-0.15, -0.1) is 0 Å². The van der Waals surface area contributed by atoms with Gasteiger partial charge in [-0.1, -0.05) is 64.3 Å². The van der Waals surface area contributed by atoms with Gasteiger partial charge in [0.05, 0.1) is 0 Å². The highest BCUT2D eigenvalue weighted by molar-refractivity contribution is 6.05. The second-order valence-corrected chi connectivity index (χ2v) is 7.19. The minimum absolute atomic E-state index is 0.536. The molecule has 0 aromatic rings. The molecule has 3 fully saturated rings. The van der Waals surface area contributed by atoms with Gasteiger partial charge in [0, 0.05) is 18.1 Å². The van der Waals surface area contributed by atoms with Crippen LogP contribution in [-0.4, -0.2) is 28.4 Å². The van der Waals surface area contributed by atoms with Crippen LogP contribution in [0.3, 0.4) is 0 Å². The van der Waals surface area contributed by atoms with Gasteiger partial charge in [0.25, 0.3) is 0 Å². The lowest BCUT2D eigenvalue weighted by molar-refractivity contribution is 0.441. The first kappa shape index (κ1) is 23.1. The third-order valence-electron chi connectivity index (χ3n) is 4.95. The van der Waals surface area contributed by atoms with Crippen LogP contribution in [0.5, 0.6) is 0 Å². The zero-order chi connectivity index (χ0) is 17.3. The van der Waals surface area contributed by atoms with E-state index in [1.165, 1.54) is 107 Å². The molecule has 0 atom stereocenters. The summed E-state index contributed by atoms with van der Waals surface area (Å²) >= 11 is 0. The molecule has 0 aromatic heterocycles. The maximum atomic E-state index is 5.63. The van der Waals surface area contributed by atoms with Gasteiger partial charge < -0.3 is 17.2 Å². The van der Waals surface area contributed by atoms with E-state index in [4.69, 9.17) is 17.2 Å². The van der Waals surface area contributed by atoms with Crippen molar-refractivity contribution < 1.29 is 0 Å². The van der Waals surface area contributed by atoms with Crippen molar-refractivity contribution in [3.05, 3.63) is 0 Å². The molecule has 23 heavy (non-hydrogen) atoms. The third-order valence-corrected chi connectivity index (χ3v) is 4.95. The van der Waals surface area contributed by atoms with Crippen LogP contribution in [0.4, 0.5) is 0 Å². The fourth-order valence-electron chi connectivity index (χ4n) is 3.40. The highest BCUT2D eigenvalue weighted by atomic mass is 28.1. The van der Waals surface area contributed by atoms with E-state index in [1.54, 1.807) is 0 Å². The molecule has 3 aliphatic rings. The van der Waals surface area contributed by atoms with Crippen molar-refractivity contribution in [2.45, 2.75) is 121 Å². The highest BCUT2D eigenvalue weighted by Gasteiger charge is 2.07. The van der Waals surface area contributed by atoms with Crippen LogP contribution in [0.25, 0.3) is 0 Å². The summed E-state index contributed by atoms with van der Waals surface area (Å²) in [6.45, 7) is 2.14. The summed E-state index contributed by atoms with van der Waals surface area (Å²) in [4.78, 5) is 0. The fraction of sp³-hybridized carbons (Fsp3) is 1.00. The first-order valence-corrected chi connectivity index (χ1v) is 12.4. The van der Waals surface area contributed by atoms with Gasteiger partial charge in [0.1, 0.15) is 0 Å². The summed E-state index contributed by atoms with van der Waals surface area (Å²) in [6, 6.07) is 1.61. The number of nitrogens with two attached hydrogens (primary N) is 3. The number of rotatable bonds is 0. The third kappa shape index (κ3) is 15.4. The van der Waals surface area contributed by atoms with E-state index in [2.05, 4.69) is 6.55 Å². The molecular formula is C19H45N3Si. The second kappa shape index (κ2) is 16.9. The fourth-order valence-corrected chi connectivity index (χ4v) is 3.40. The van der Waals surface area contributed by atoms with Gasteiger partial charge in [0.2, 0.25) is 0 Å². The van der Waals surface area contributed by atoms with Crippen molar-refractivity contribution >= 4 is 10.2 Å².